The van der Waals surface area contributed by atoms with Crippen LogP contribution in [0.1, 0.15) is 0 Å². The van der Waals surface area contributed by atoms with E-state index in [9.17, 15) is 9.59 Å². The van der Waals surface area contributed by atoms with Gasteiger partial charge in [-0.05, 0) is 36.4 Å². The first-order valence-electron chi connectivity index (χ1n) is 7.16. The van der Waals surface area contributed by atoms with Gasteiger partial charge in [0.25, 0.3) is 5.56 Å². The first-order chi connectivity index (χ1) is 11.6. The zero-order chi connectivity index (χ0) is 16.9. The molecule has 0 aliphatic heterocycles. The predicted octanol–water partition coefficient (Wildman–Crippen LogP) is 2.60. The van der Waals surface area contributed by atoms with E-state index in [1.807, 2.05) is 6.07 Å². The molecule has 0 aliphatic rings. The van der Waals surface area contributed by atoms with E-state index in [1.54, 1.807) is 48.8 Å². The second-order valence-electron chi connectivity index (χ2n) is 5.01. The van der Waals surface area contributed by atoms with Crippen molar-refractivity contribution >= 4 is 23.2 Å². The van der Waals surface area contributed by atoms with E-state index >= 15 is 0 Å². The fourth-order valence-corrected chi connectivity index (χ4v) is 2.32. The first kappa shape index (κ1) is 15.9. The number of halogens is 1. The number of aromatic nitrogens is 3. The molecule has 0 fully saturated rings. The molecule has 0 saturated carbocycles. The molecule has 6 nitrogen and oxygen atoms in total. The van der Waals surface area contributed by atoms with E-state index in [-0.39, 0.29) is 18.0 Å². The normalized spacial score (nSPS) is 10.4. The fraction of sp³-hybridized carbons (Fsp3) is 0.0588. The Bertz CT molecular complexity index is 925. The molecule has 3 rings (SSSR count). The predicted molar refractivity (Wildman–Crippen MR) is 91.8 cm³/mol. The summed E-state index contributed by atoms with van der Waals surface area (Å²) in [5.41, 5.74) is 1.53. The Kier molecular flexibility index (Phi) is 4.67. The van der Waals surface area contributed by atoms with E-state index in [4.69, 9.17) is 11.6 Å². The lowest BCUT2D eigenvalue weighted by atomic mass is 10.2. The van der Waals surface area contributed by atoms with Gasteiger partial charge in [0.1, 0.15) is 6.54 Å². The molecular formula is C17H13ClN4O2. The van der Waals surface area contributed by atoms with Gasteiger partial charge in [0.15, 0.2) is 0 Å². The number of anilines is 1. The summed E-state index contributed by atoms with van der Waals surface area (Å²) in [6.07, 6.45) is 3.29. The van der Waals surface area contributed by atoms with Gasteiger partial charge in [-0.15, -0.1) is 0 Å². The summed E-state index contributed by atoms with van der Waals surface area (Å²) in [6.45, 7) is -0.195. The van der Waals surface area contributed by atoms with Gasteiger partial charge in [0.05, 0.1) is 5.69 Å². The van der Waals surface area contributed by atoms with E-state index in [2.05, 4.69) is 15.4 Å². The van der Waals surface area contributed by atoms with Crippen molar-refractivity contribution in [3.63, 3.8) is 0 Å². The van der Waals surface area contributed by atoms with Crippen LogP contribution in [0.3, 0.4) is 0 Å². The quantitative estimate of drug-likeness (QED) is 0.792. The monoisotopic (exact) mass is 340 g/mol. The highest BCUT2D eigenvalue weighted by Gasteiger charge is 2.08. The summed E-state index contributed by atoms with van der Waals surface area (Å²) in [6, 6.07) is 13.4. The van der Waals surface area contributed by atoms with Crippen molar-refractivity contribution in [3.05, 3.63) is 76.3 Å². The maximum atomic E-state index is 12.1. The minimum absolute atomic E-state index is 0.195. The van der Waals surface area contributed by atoms with Crippen LogP contribution in [-0.2, 0) is 11.3 Å². The lowest BCUT2D eigenvalue weighted by molar-refractivity contribution is -0.117. The van der Waals surface area contributed by atoms with Gasteiger partial charge >= 0.3 is 0 Å². The minimum Gasteiger partial charge on any atom is -0.324 e. The molecule has 0 spiro atoms. The number of nitrogens with zero attached hydrogens (tertiary/aromatic N) is 3. The smallest absolute Gasteiger partial charge is 0.267 e. The fourth-order valence-electron chi connectivity index (χ4n) is 2.13. The SMILES string of the molecule is O=C(Cn1nc(-c2cccnc2)ccc1=O)Nc1cccc(Cl)c1. The second kappa shape index (κ2) is 7.06. The Morgan fingerprint density at radius 2 is 2.04 bits per heavy atom. The third-order valence-corrected chi connectivity index (χ3v) is 3.46. The van der Waals surface area contributed by atoms with Crippen molar-refractivity contribution in [1.82, 2.24) is 14.8 Å². The molecule has 0 aliphatic carbocycles. The lowest BCUT2D eigenvalue weighted by Gasteiger charge is -2.08. The number of nitrogens with one attached hydrogen (secondary N) is 1. The van der Waals surface area contributed by atoms with Crippen molar-refractivity contribution in [2.45, 2.75) is 6.54 Å². The topological polar surface area (TPSA) is 76.9 Å². The molecule has 2 aromatic heterocycles. The number of hydrogen-bond donors (Lipinski definition) is 1. The maximum absolute atomic E-state index is 12.1. The highest BCUT2D eigenvalue weighted by atomic mass is 35.5. The van der Waals surface area contributed by atoms with Crippen molar-refractivity contribution in [1.29, 1.82) is 0 Å². The molecular weight excluding hydrogens is 328 g/mol. The van der Waals surface area contributed by atoms with Gasteiger partial charge in [0.2, 0.25) is 5.91 Å². The van der Waals surface area contributed by atoms with Crippen LogP contribution in [0.25, 0.3) is 11.3 Å². The molecule has 2 heterocycles. The van der Waals surface area contributed by atoms with Crippen LogP contribution in [0.4, 0.5) is 5.69 Å². The first-order valence-corrected chi connectivity index (χ1v) is 7.53. The molecule has 0 atom stereocenters. The highest BCUT2D eigenvalue weighted by Crippen LogP contribution is 2.15. The Morgan fingerprint density at radius 3 is 2.79 bits per heavy atom. The minimum atomic E-state index is -0.366. The Hall–Kier alpha value is -2.99. The number of rotatable bonds is 4. The number of carbonyl (C=O) groups is 1. The standard InChI is InChI=1S/C17H13ClN4O2/c18-13-4-1-5-14(9-13)20-16(23)11-22-17(24)7-6-15(21-22)12-3-2-8-19-10-12/h1-10H,11H2,(H,20,23). The summed E-state index contributed by atoms with van der Waals surface area (Å²) in [7, 11) is 0. The van der Waals surface area contributed by atoms with Crippen LogP contribution in [-0.4, -0.2) is 20.7 Å². The highest BCUT2D eigenvalue weighted by molar-refractivity contribution is 6.30. The molecule has 0 unspecified atom stereocenters. The summed E-state index contributed by atoms with van der Waals surface area (Å²) >= 11 is 5.88. The average Bonchev–Trinajstić information content (AvgIpc) is 2.57. The van der Waals surface area contributed by atoms with Crippen LogP contribution >= 0.6 is 11.6 Å². The number of pyridine rings is 1. The molecule has 1 aromatic carbocycles. The van der Waals surface area contributed by atoms with Crippen molar-refractivity contribution in [2.24, 2.45) is 0 Å². The molecule has 120 valence electrons. The van der Waals surface area contributed by atoms with E-state index in [1.165, 1.54) is 6.07 Å². The largest absolute Gasteiger partial charge is 0.324 e. The summed E-state index contributed by atoms with van der Waals surface area (Å²) in [5.74, 6) is -0.366. The van der Waals surface area contributed by atoms with Crippen LogP contribution < -0.4 is 10.9 Å². The summed E-state index contributed by atoms with van der Waals surface area (Å²) in [5, 5.41) is 7.42. The Balaban J connectivity index is 1.79. The summed E-state index contributed by atoms with van der Waals surface area (Å²) < 4.78 is 1.11. The van der Waals surface area contributed by atoms with E-state index in [0.29, 0.717) is 16.4 Å². The third-order valence-electron chi connectivity index (χ3n) is 3.23. The van der Waals surface area contributed by atoms with Crippen molar-refractivity contribution in [2.75, 3.05) is 5.32 Å². The van der Waals surface area contributed by atoms with Gasteiger partial charge in [-0.3, -0.25) is 14.6 Å². The molecule has 1 N–H and O–H groups in total. The maximum Gasteiger partial charge on any atom is 0.267 e. The summed E-state index contributed by atoms with van der Waals surface area (Å²) in [4.78, 5) is 28.1. The van der Waals surface area contributed by atoms with Gasteiger partial charge in [-0.1, -0.05) is 17.7 Å². The number of carbonyl (C=O) groups excluding carboxylic acids is 1. The molecule has 0 saturated heterocycles. The van der Waals surface area contributed by atoms with E-state index in [0.717, 1.165) is 10.2 Å². The molecule has 1 amide bonds. The van der Waals surface area contributed by atoms with Gasteiger partial charge in [0, 0.05) is 34.7 Å². The molecule has 24 heavy (non-hydrogen) atoms. The average molecular weight is 341 g/mol. The number of amides is 1. The zero-order valence-corrected chi connectivity index (χ0v) is 13.3. The molecule has 0 bridgehead atoms. The van der Waals surface area contributed by atoms with Gasteiger partial charge < -0.3 is 5.32 Å². The molecule has 7 heteroatoms. The van der Waals surface area contributed by atoms with E-state index < -0.39 is 0 Å². The van der Waals surface area contributed by atoms with Gasteiger partial charge in [-0.25, -0.2) is 4.68 Å². The van der Waals surface area contributed by atoms with Crippen LogP contribution in [0.2, 0.25) is 5.02 Å². The zero-order valence-electron chi connectivity index (χ0n) is 12.5. The number of benzene rings is 1. The Labute approximate surface area is 142 Å². The third kappa shape index (κ3) is 3.85. The van der Waals surface area contributed by atoms with Crippen LogP contribution in [0.15, 0.2) is 65.7 Å². The molecule has 0 radical (unpaired) electrons. The van der Waals surface area contributed by atoms with Gasteiger partial charge in [-0.2, -0.15) is 5.10 Å². The van der Waals surface area contributed by atoms with Crippen LogP contribution in [0.5, 0.6) is 0 Å². The second-order valence-corrected chi connectivity index (χ2v) is 5.45. The number of hydrogen-bond acceptors (Lipinski definition) is 4. The van der Waals surface area contributed by atoms with Crippen molar-refractivity contribution in [3.8, 4) is 11.3 Å². The van der Waals surface area contributed by atoms with Crippen LogP contribution in [0, 0.1) is 0 Å². The Morgan fingerprint density at radius 1 is 1.17 bits per heavy atom. The molecule has 3 aromatic rings. The lowest BCUT2D eigenvalue weighted by Crippen LogP contribution is -2.29. The van der Waals surface area contributed by atoms with Crippen molar-refractivity contribution < 1.29 is 4.79 Å².